The maximum Gasteiger partial charge on any atom is 0.356 e. The van der Waals surface area contributed by atoms with Crippen LogP contribution < -0.4 is 5.32 Å². The Morgan fingerprint density at radius 1 is 1.43 bits per heavy atom. The van der Waals surface area contributed by atoms with Gasteiger partial charge in [0.25, 0.3) is 5.71 Å². The molecule has 108 valence electrons. The lowest BCUT2D eigenvalue weighted by Crippen LogP contribution is -2.01. The maximum absolute atomic E-state index is 10.8. The minimum atomic E-state index is -1.06. The fraction of sp³-hybridized carbons (Fsp3) is 0.231. The lowest BCUT2D eigenvalue weighted by Gasteiger charge is -2.06. The minimum absolute atomic E-state index is 0.0102. The molecule has 0 saturated heterocycles. The molecular weight excluding hydrogens is 274 g/mol. The van der Waals surface area contributed by atoms with E-state index in [9.17, 15) is 4.79 Å². The highest BCUT2D eigenvalue weighted by Gasteiger charge is 2.13. The fourth-order valence-electron chi connectivity index (χ4n) is 2.11. The average molecular weight is 287 g/mol. The zero-order chi connectivity index (χ0) is 15.0. The number of nitrogens with zero attached hydrogens (tertiary/aromatic N) is 3. The van der Waals surface area contributed by atoms with Crippen molar-refractivity contribution in [3.63, 3.8) is 0 Å². The largest absolute Gasteiger partial charge is 0.476 e. The summed E-state index contributed by atoms with van der Waals surface area (Å²) in [5.74, 6) is -1.06. The van der Waals surface area contributed by atoms with Gasteiger partial charge in [0.2, 0.25) is 0 Å². The van der Waals surface area contributed by atoms with Gasteiger partial charge in [0.05, 0.1) is 29.0 Å². The van der Waals surface area contributed by atoms with Gasteiger partial charge in [0, 0.05) is 5.69 Å². The first-order valence-corrected chi connectivity index (χ1v) is 6.29. The molecule has 0 bridgehead atoms. The van der Waals surface area contributed by atoms with E-state index in [0.29, 0.717) is 18.0 Å². The first-order chi connectivity index (χ1) is 10.0. The molecule has 3 aromatic heterocycles. The molecule has 0 aliphatic carbocycles. The molecule has 3 N–H and O–H groups in total. The Hall–Kier alpha value is -2.90. The maximum atomic E-state index is 10.8. The summed E-state index contributed by atoms with van der Waals surface area (Å²) in [6.07, 6.45) is 0. The quantitative estimate of drug-likeness (QED) is 0.670. The molecule has 3 aromatic rings. The first-order valence-electron chi connectivity index (χ1n) is 6.29. The molecule has 0 amide bonds. The molecule has 0 atom stereocenters. The van der Waals surface area contributed by atoms with Crippen molar-refractivity contribution in [1.29, 1.82) is 0 Å². The number of carboxylic acid groups (broad SMARTS) is 1. The Kier molecular flexibility index (Phi) is 3.05. The summed E-state index contributed by atoms with van der Waals surface area (Å²) in [7, 11) is 0. The number of fused-ring (bicyclic) bond motifs is 1. The van der Waals surface area contributed by atoms with E-state index in [4.69, 9.17) is 9.63 Å². The Bertz CT molecular complexity index is 820. The van der Waals surface area contributed by atoms with Crippen LogP contribution >= 0.6 is 0 Å². The van der Waals surface area contributed by atoms with E-state index in [-0.39, 0.29) is 5.69 Å². The van der Waals surface area contributed by atoms with Gasteiger partial charge in [-0.3, -0.25) is 5.10 Å². The molecule has 8 nitrogen and oxygen atoms in total. The first kappa shape index (κ1) is 13.1. The number of anilines is 1. The van der Waals surface area contributed by atoms with Gasteiger partial charge < -0.3 is 14.9 Å². The number of aromatic nitrogens is 4. The van der Waals surface area contributed by atoms with Crippen LogP contribution in [0.2, 0.25) is 0 Å². The van der Waals surface area contributed by atoms with Gasteiger partial charge in [-0.1, -0.05) is 5.16 Å². The van der Waals surface area contributed by atoms with Gasteiger partial charge >= 0.3 is 5.97 Å². The van der Waals surface area contributed by atoms with Gasteiger partial charge in [-0.2, -0.15) is 5.10 Å². The van der Waals surface area contributed by atoms with Crippen LogP contribution in [0.5, 0.6) is 0 Å². The number of H-pyrrole nitrogens is 1. The summed E-state index contributed by atoms with van der Waals surface area (Å²) in [5.41, 5.74) is 3.52. The molecule has 0 aliphatic heterocycles. The number of nitrogens with one attached hydrogen (secondary N) is 2. The highest BCUT2D eigenvalue weighted by Crippen LogP contribution is 2.26. The molecular formula is C13H13N5O3. The van der Waals surface area contributed by atoms with E-state index >= 15 is 0 Å². The number of aromatic amines is 1. The standard InChI is InChI=1S/C13H13N5O3/c1-6-3-9(11-7(2)18-21-12(11)15-6)14-5-8-4-10(13(19)20)17-16-8/h3-4H,5H2,1-2H3,(H,14,15)(H,16,17)(H,19,20). The summed E-state index contributed by atoms with van der Waals surface area (Å²) < 4.78 is 5.16. The number of rotatable bonds is 4. The second kappa shape index (κ2) is 4.89. The van der Waals surface area contributed by atoms with Crippen LogP contribution in [-0.4, -0.2) is 31.4 Å². The van der Waals surface area contributed by atoms with Gasteiger partial charge in [0.15, 0.2) is 5.69 Å². The third-order valence-corrected chi connectivity index (χ3v) is 3.06. The van der Waals surface area contributed by atoms with Crippen LogP contribution in [0.15, 0.2) is 16.7 Å². The van der Waals surface area contributed by atoms with Crippen molar-refractivity contribution >= 4 is 22.8 Å². The van der Waals surface area contributed by atoms with Crippen LogP contribution in [0.4, 0.5) is 5.69 Å². The molecule has 0 aliphatic rings. The van der Waals surface area contributed by atoms with E-state index in [1.54, 1.807) is 0 Å². The van der Waals surface area contributed by atoms with Gasteiger partial charge in [-0.15, -0.1) is 0 Å². The van der Waals surface area contributed by atoms with Gasteiger partial charge in [-0.25, -0.2) is 9.78 Å². The summed E-state index contributed by atoms with van der Waals surface area (Å²) in [5, 5.41) is 23.2. The summed E-state index contributed by atoms with van der Waals surface area (Å²) in [6, 6.07) is 3.38. The van der Waals surface area contributed by atoms with E-state index in [0.717, 1.165) is 22.5 Å². The number of carbonyl (C=O) groups is 1. The summed E-state index contributed by atoms with van der Waals surface area (Å²) >= 11 is 0. The molecule has 8 heteroatoms. The topological polar surface area (TPSA) is 117 Å². The Labute approximate surface area is 119 Å². The van der Waals surface area contributed by atoms with Crippen LogP contribution in [-0.2, 0) is 6.54 Å². The predicted molar refractivity (Wildman–Crippen MR) is 74.2 cm³/mol. The summed E-state index contributed by atoms with van der Waals surface area (Å²) in [6.45, 7) is 4.11. The molecule has 0 aromatic carbocycles. The molecule has 0 radical (unpaired) electrons. The Morgan fingerprint density at radius 2 is 2.24 bits per heavy atom. The molecule has 0 saturated carbocycles. The van der Waals surface area contributed by atoms with Crippen molar-refractivity contribution in [2.24, 2.45) is 0 Å². The predicted octanol–water partition coefficient (Wildman–Crippen LogP) is 1.87. The normalized spacial score (nSPS) is 11.0. The van der Waals surface area contributed by atoms with Crippen LogP contribution in [0.3, 0.4) is 0 Å². The van der Waals surface area contributed by atoms with Crippen molar-refractivity contribution < 1.29 is 14.4 Å². The highest BCUT2D eigenvalue weighted by molar-refractivity contribution is 5.90. The second-order valence-corrected chi connectivity index (χ2v) is 4.70. The number of hydrogen-bond acceptors (Lipinski definition) is 6. The monoisotopic (exact) mass is 287 g/mol. The number of carboxylic acids is 1. The molecule has 21 heavy (non-hydrogen) atoms. The molecule has 0 fully saturated rings. The van der Waals surface area contributed by atoms with Gasteiger partial charge in [0.1, 0.15) is 0 Å². The lowest BCUT2D eigenvalue weighted by atomic mass is 10.2. The van der Waals surface area contributed by atoms with E-state index in [1.807, 2.05) is 19.9 Å². The SMILES string of the molecule is Cc1cc(NCc2cc(C(=O)O)n[nH]2)c2c(C)noc2n1. The number of hydrogen-bond donors (Lipinski definition) is 3. The third-order valence-electron chi connectivity index (χ3n) is 3.06. The van der Waals surface area contributed by atoms with Crippen molar-refractivity contribution in [2.75, 3.05) is 5.32 Å². The second-order valence-electron chi connectivity index (χ2n) is 4.70. The smallest absolute Gasteiger partial charge is 0.356 e. The van der Waals surface area contributed by atoms with Crippen LogP contribution in [0, 0.1) is 13.8 Å². The van der Waals surface area contributed by atoms with Crippen molar-refractivity contribution in [3.05, 3.63) is 34.9 Å². The fourth-order valence-corrected chi connectivity index (χ4v) is 2.11. The van der Waals surface area contributed by atoms with Crippen LogP contribution in [0.25, 0.3) is 11.1 Å². The van der Waals surface area contributed by atoms with Crippen LogP contribution in [0.1, 0.15) is 27.6 Å². The van der Waals surface area contributed by atoms with E-state index in [1.165, 1.54) is 6.07 Å². The Morgan fingerprint density at radius 3 is 2.95 bits per heavy atom. The zero-order valence-corrected chi connectivity index (χ0v) is 11.5. The van der Waals surface area contributed by atoms with Gasteiger partial charge in [-0.05, 0) is 26.0 Å². The zero-order valence-electron chi connectivity index (χ0n) is 11.5. The number of aryl methyl sites for hydroxylation is 2. The summed E-state index contributed by atoms with van der Waals surface area (Å²) in [4.78, 5) is 15.1. The molecule has 3 rings (SSSR count). The third kappa shape index (κ3) is 2.42. The number of pyridine rings is 1. The lowest BCUT2D eigenvalue weighted by molar-refractivity contribution is 0.0690. The van der Waals surface area contributed by atoms with Crippen molar-refractivity contribution in [1.82, 2.24) is 20.3 Å². The van der Waals surface area contributed by atoms with E-state index in [2.05, 4.69) is 25.7 Å². The molecule has 3 heterocycles. The van der Waals surface area contributed by atoms with Crippen molar-refractivity contribution in [2.45, 2.75) is 20.4 Å². The van der Waals surface area contributed by atoms with E-state index < -0.39 is 5.97 Å². The highest BCUT2D eigenvalue weighted by atomic mass is 16.5. The average Bonchev–Trinajstić information content (AvgIpc) is 3.03. The minimum Gasteiger partial charge on any atom is -0.476 e. The molecule has 0 unspecified atom stereocenters. The van der Waals surface area contributed by atoms with Crippen molar-refractivity contribution in [3.8, 4) is 0 Å². The Balaban J connectivity index is 1.87. The number of aromatic carboxylic acids is 1. The molecule has 0 spiro atoms.